The van der Waals surface area contributed by atoms with Gasteiger partial charge in [0.1, 0.15) is 13.2 Å². The Hall–Kier alpha value is -5.23. The van der Waals surface area contributed by atoms with E-state index in [2.05, 4.69) is 191 Å². The van der Waals surface area contributed by atoms with Crippen LogP contribution in [0.4, 0.5) is 0 Å². The Labute approximate surface area is 511 Å². The van der Waals surface area contributed by atoms with Crippen molar-refractivity contribution in [3.63, 3.8) is 0 Å². The van der Waals surface area contributed by atoms with Crippen molar-refractivity contribution in [2.24, 2.45) is 0 Å². The van der Waals surface area contributed by atoms with Crippen LogP contribution in [-0.2, 0) is 28.6 Å². The van der Waals surface area contributed by atoms with Crippen molar-refractivity contribution in [2.45, 2.75) is 284 Å². The van der Waals surface area contributed by atoms with Gasteiger partial charge in [-0.05, 0) is 154 Å². The molecule has 0 saturated carbocycles. The molecule has 0 aliphatic heterocycles. The van der Waals surface area contributed by atoms with Crippen LogP contribution in [-0.4, -0.2) is 37.2 Å². The fourth-order valence-corrected chi connectivity index (χ4v) is 8.63. The van der Waals surface area contributed by atoms with Crippen molar-refractivity contribution >= 4 is 17.9 Å². The minimum Gasteiger partial charge on any atom is -0.462 e. The number of unbranched alkanes of at least 4 members (excludes halogenated alkanes) is 20. The summed E-state index contributed by atoms with van der Waals surface area (Å²) in [7, 11) is 0. The first-order valence-electron chi connectivity index (χ1n) is 33.6. The van der Waals surface area contributed by atoms with Gasteiger partial charge in [0.15, 0.2) is 6.10 Å². The summed E-state index contributed by atoms with van der Waals surface area (Å²) < 4.78 is 16.9. The molecule has 0 aromatic heterocycles. The van der Waals surface area contributed by atoms with E-state index in [1.54, 1.807) is 0 Å². The number of esters is 3. The summed E-state index contributed by atoms with van der Waals surface area (Å²) in [6.45, 7) is 6.42. The van der Waals surface area contributed by atoms with Gasteiger partial charge in [0.05, 0.1) is 0 Å². The minimum absolute atomic E-state index is 0.105. The second-order valence-corrected chi connectivity index (χ2v) is 21.6. The smallest absolute Gasteiger partial charge is 0.306 e. The number of rotatable bonds is 59. The van der Waals surface area contributed by atoms with Crippen LogP contribution in [0.25, 0.3) is 0 Å². The largest absolute Gasteiger partial charge is 0.462 e. The lowest BCUT2D eigenvalue weighted by Gasteiger charge is -2.18. The van der Waals surface area contributed by atoms with Crippen molar-refractivity contribution < 1.29 is 28.6 Å². The van der Waals surface area contributed by atoms with Gasteiger partial charge in [-0.2, -0.15) is 0 Å². The molecule has 0 spiro atoms. The van der Waals surface area contributed by atoms with Crippen LogP contribution in [0.5, 0.6) is 0 Å². The van der Waals surface area contributed by atoms with E-state index in [0.717, 1.165) is 186 Å². The molecule has 0 radical (unpaired) electrons. The minimum atomic E-state index is -0.811. The van der Waals surface area contributed by atoms with Gasteiger partial charge in [-0.3, -0.25) is 14.4 Å². The van der Waals surface area contributed by atoms with E-state index in [1.807, 2.05) is 0 Å². The van der Waals surface area contributed by atoms with Gasteiger partial charge in [-0.25, -0.2) is 0 Å². The zero-order valence-corrected chi connectivity index (χ0v) is 53.4. The SMILES string of the molecule is CC/C=C\C/C=C\C/C=C\C/C=C\C/C=C\C/C=C\C/C=C\C/C=C\C/C=C\C/C=C\CCCCCCC(=O)OCC(COC(=O)CCCCCCC/C=C\C/C=C\CCCC)OC(=O)CCCCCCC/C=C\C/C=C\CCCCCC. The van der Waals surface area contributed by atoms with E-state index in [9.17, 15) is 14.4 Å². The van der Waals surface area contributed by atoms with E-state index < -0.39 is 6.10 Å². The lowest BCUT2D eigenvalue weighted by atomic mass is 10.1. The lowest BCUT2D eigenvalue weighted by molar-refractivity contribution is -0.167. The van der Waals surface area contributed by atoms with E-state index in [1.165, 1.54) is 51.4 Å². The maximum atomic E-state index is 12.9. The second-order valence-electron chi connectivity index (χ2n) is 21.6. The van der Waals surface area contributed by atoms with Crippen molar-refractivity contribution in [1.29, 1.82) is 0 Å². The van der Waals surface area contributed by atoms with E-state index >= 15 is 0 Å². The molecular weight excluding hydrogens is 1020 g/mol. The number of hydrogen-bond acceptors (Lipinski definition) is 6. The van der Waals surface area contributed by atoms with Crippen LogP contribution < -0.4 is 0 Å². The highest BCUT2D eigenvalue weighted by Gasteiger charge is 2.19. The van der Waals surface area contributed by atoms with Gasteiger partial charge in [-0.15, -0.1) is 0 Å². The van der Waals surface area contributed by atoms with Crippen molar-refractivity contribution in [1.82, 2.24) is 0 Å². The Morgan fingerprint density at radius 3 is 0.771 bits per heavy atom. The highest BCUT2D eigenvalue weighted by atomic mass is 16.6. The molecule has 0 N–H and O–H groups in total. The van der Waals surface area contributed by atoms with Gasteiger partial charge in [0.25, 0.3) is 0 Å². The molecule has 6 nitrogen and oxygen atoms in total. The molecule has 1 atom stereocenters. The highest BCUT2D eigenvalue weighted by molar-refractivity contribution is 5.71. The monoisotopic (exact) mass is 1140 g/mol. The molecule has 0 aliphatic carbocycles. The normalized spacial score (nSPS) is 13.2. The predicted octanol–water partition coefficient (Wildman–Crippen LogP) is 23.4. The first-order valence-corrected chi connectivity index (χ1v) is 33.6. The Bertz CT molecular complexity index is 1890. The van der Waals surface area contributed by atoms with E-state index in [0.29, 0.717) is 19.3 Å². The molecule has 0 fully saturated rings. The third-order valence-corrected chi connectivity index (χ3v) is 13.7. The van der Waals surface area contributed by atoms with Gasteiger partial charge >= 0.3 is 17.9 Å². The molecule has 0 saturated heterocycles. The third kappa shape index (κ3) is 67.4. The topological polar surface area (TPSA) is 78.9 Å². The number of allylic oxidation sites excluding steroid dienone is 28. The fourth-order valence-electron chi connectivity index (χ4n) is 8.63. The summed E-state index contributed by atoms with van der Waals surface area (Å²) in [6, 6.07) is 0. The number of carbonyl (C=O) groups excluding carboxylic acids is 3. The third-order valence-electron chi connectivity index (χ3n) is 13.7. The Kier molecular flexibility index (Phi) is 64.9. The molecular formula is C77H122O6. The van der Waals surface area contributed by atoms with Crippen LogP contribution in [0.15, 0.2) is 170 Å². The molecule has 6 heteroatoms. The standard InChI is InChI=1S/C77H122O6/c1-4-7-10-13-16-19-22-25-28-30-31-32-33-34-35-36-37-38-39-40-41-42-43-44-45-46-47-48-50-52-55-58-61-64-67-70-76(79)82-73-74(72-81-75(78)69-66-63-60-57-54-51-27-24-21-18-15-12-9-6-3)83-77(80)71-68-65-62-59-56-53-49-29-26-23-20-17-14-11-8-5-2/h7,10,15-16,18-20,23-25,27-29,31-32,34-35,37-38,40-41,43-44,46-47,49-50,52,74H,4-6,8-9,11-14,17,21-22,26,30,33,36,39,42,45,48,51,53-73H2,1-3H3/b10-7-,18-15-,19-16-,23-20-,27-24-,28-25-,32-31-,35-34-,38-37-,41-40-,44-43-,47-46-,49-29-,52-50-. The average Bonchev–Trinajstić information content (AvgIpc) is 3.49. The zero-order valence-electron chi connectivity index (χ0n) is 53.4. The van der Waals surface area contributed by atoms with Crippen LogP contribution in [0.2, 0.25) is 0 Å². The summed E-state index contributed by atoms with van der Waals surface area (Å²) in [5.74, 6) is -0.961. The van der Waals surface area contributed by atoms with E-state index in [-0.39, 0.29) is 31.1 Å². The molecule has 0 aromatic carbocycles. The summed E-state index contributed by atoms with van der Waals surface area (Å²) >= 11 is 0. The maximum absolute atomic E-state index is 12.9. The summed E-state index contributed by atoms with van der Waals surface area (Å²) in [6.07, 6.45) is 102. The molecule has 0 rings (SSSR count). The predicted molar refractivity (Wildman–Crippen MR) is 361 cm³/mol. The molecule has 466 valence electrons. The molecule has 83 heavy (non-hydrogen) atoms. The quantitative estimate of drug-likeness (QED) is 0.0261. The zero-order chi connectivity index (χ0) is 59.9. The van der Waals surface area contributed by atoms with Gasteiger partial charge in [0, 0.05) is 19.3 Å². The van der Waals surface area contributed by atoms with Crippen molar-refractivity contribution in [3.8, 4) is 0 Å². The molecule has 0 aliphatic rings. The number of hydrogen-bond donors (Lipinski definition) is 0. The summed E-state index contributed by atoms with van der Waals surface area (Å²) in [5.41, 5.74) is 0. The van der Waals surface area contributed by atoms with Gasteiger partial charge in [0.2, 0.25) is 0 Å². The maximum Gasteiger partial charge on any atom is 0.306 e. The Morgan fingerprint density at radius 2 is 0.482 bits per heavy atom. The van der Waals surface area contributed by atoms with Crippen LogP contribution in [0.3, 0.4) is 0 Å². The van der Waals surface area contributed by atoms with Crippen LogP contribution >= 0.6 is 0 Å². The number of ether oxygens (including phenoxy) is 3. The van der Waals surface area contributed by atoms with Crippen LogP contribution in [0, 0.1) is 0 Å². The fraction of sp³-hybridized carbons (Fsp3) is 0.597. The van der Waals surface area contributed by atoms with Crippen molar-refractivity contribution in [3.05, 3.63) is 170 Å². The summed E-state index contributed by atoms with van der Waals surface area (Å²) in [4.78, 5) is 38.3. The van der Waals surface area contributed by atoms with E-state index in [4.69, 9.17) is 14.2 Å². The molecule has 0 aromatic rings. The Morgan fingerprint density at radius 1 is 0.253 bits per heavy atom. The highest BCUT2D eigenvalue weighted by Crippen LogP contribution is 2.14. The van der Waals surface area contributed by atoms with Gasteiger partial charge < -0.3 is 14.2 Å². The molecule has 0 heterocycles. The molecule has 0 bridgehead atoms. The average molecular weight is 1140 g/mol. The second kappa shape index (κ2) is 69.3. The lowest BCUT2D eigenvalue weighted by Crippen LogP contribution is -2.30. The number of carbonyl (C=O) groups is 3. The van der Waals surface area contributed by atoms with Crippen LogP contribution in [0.1, 0.15) is 278 Å². The van der Waals surface area contributed by atoms with Gasteiger partial charge in [-0.1, -0.05) is 274 Å². The summed E-state index contributed by atoms with van der Waals surface area (Å²) in [5, 5.41) is 0. The Balaban J connectivity index is 4.38. The molecule has 0 amide bonds. The first kappa shape index (κ1) is 77.8. The first-order chi connectivity index (χ1) is 41.0. The van der Waals surface area contributed by atoms with Crippen molar-refractivity contribution in [2.75, 3.05) is 13.2 Å². The molecule has 1 unspecified atom stereocenters.